The molecule has 0 unspecified atom stereocenters. The molecule has 0 aromatic heterocycles. The van der Waals surface area contributed by atoms with Gasteiger partial charge in [0.1, 0.15) is 11.3 Å². The first-order chi connectivity index (χ1) is 12.0. The zero-order chi connectivity index (χ0) is 18.0. The molecule has 1 fully saturated rings. The van der Waals surface area contributed by atoms with Crippen molar-refractivity contribution in [3.05, 3.63) is 65.2 Å². The van der Waals surface area contributed by atoms with Gasteiger partial charge in [0, 0.05) is 5.56 Å². The highest BCUT2D eigenvalue weighted by Gasteiger charge is 2.36. The van der Waals surface area contributed by atoms with Crippen molar-refractivity contribution >= 4 is 29.6 Å². The molecule has 0 atom stereocenters. The lowest BCUT2D eigenvalue weighted by Gasteiger charge is -2.26. The van der Waals surface area contributed by atoms with E-state index in [-0.39, 0.29) is 5.57 Å². The molecule has 25 heavy (non-hydrogen) atoms. The molecule has 0 radical (unpaired) electrons. The van der Waals surface area contributed by atoms with Crippen molar-refractivity contribution in [3.8, 4) is 5.75 Å². The summed E-state index contributed by atoms with van der Waals surface area (Å²) in [6.07, 6.45) is 1.42. The van der Waals surface area contributed by atoms with E-state index >= 15 is 0 Å². The fourth-order valence-electron chi connectivity index (χ4n) is 2.53. The van der Waals surface area contributed by atoms with Crippen LogP contribution in [0.5, 0.6) is 5.75 Å². The molecule has 1 aliphatic rings. The molecular weight excluding hydrogens is 320 g/mol. The number of benzene rings is 2. The molecule has 4 amide bonds. The van der Waals surface area contributed by atoms with Crippen LogP contribution in [0.25, 0.3) is 6.08 Å². The van der Waals surface area contributed by atoms with Crippen molar-refractivity contribution in [1.29, 1.82) is 0 Å². The Labute approximate surface area is 144 Å². The number of aryl methyl sites for hydroxylation is 1. The predicted octanol–water partition coefficient (Wildman–Crippen LogP) is 2.67. The van der Waals surface area contributed by atoms with E-state index in [0.717, 1.165) is 10.5 Å². The van der Waals surface area contributed by atoms with Gasteiger partial charge >= 0.3 is 6.03 Å². The van der Waals surface area contributed by atoms with Crippen molar-refractivity contribution < 1.29 is 19.1 Å². The maximum atomic E-state index is 12.8. The molecule has 0 saturated carbocycles. The molecular formula is C19H16N2O4. The highest BCUT2D eigenvalue weighted by atomic mass is 16.5. The van der Waals surface area contributed by atoms with Crippen LogP contribution in [0, 0.1) is 6.92 Å². The first-order valence-corrected chi connectivity index (χ1v) is 7.62. The van der Waals surface area contributed by atoms with Gasteiger partial charge in [-0.15, -0.1) is 0 Å². The maximum absolute atomic E-state index is 12.8. The van der Waals surface area contributed by atoms with Gasteiger partial charge in [0.05, 0.1) is 12.8 Å². The third-order valence-corrected chi connectivity index (χ3v) is 3.83. The third-order valence-electron chi connectivity index (χ3n) is 3.83. The molecule has 126 valence electrons. The molecule has 0 aliphatic carbocycles. The maximum Gasteiger partial charge on any atom is 0.335 e. The van der Waals surface area contributed by atoms with Gasteiger partial charge < -0.3 is 4.74 Å². The van der Waals surface area contributed by atoms with Crippen molar-refractivity contribution in [2.24, 2.45) is 0 Å². The number of nitrogens with one attached hydrogen (secondary N) is 1. The Morgan fingerprint density at radius 3 is 2.36 bits per heavy atom. The second-order valence-electron chi connectivity index (χ2n) is 5.54. The number of nitrogens with zero attached hydrogens (tertiary/aromatic N) is 1. The standard InChI is InChI=1S/C19H16N2O4/c1-12-7-9-14(10-8-12)21-18(23)15(17(22)20-19(21)24)11-13-5-3-4-6-16(13)25-2/h3-11H,1-2H3,(H,20,22,24)/b15-11+. The van der Waals surface area contributed by atoms with E-state index in [1.807, 2.05) is 6.92 Å². The molecule has 3 rings (SSSR count). The number of barbiturate groups is 1. The first kappa shape index (κ1) is 16.4. The first-order valence-electron chi connectivity index (χ1n) is 7.62. The summed E-state index contributed by atoms with van der Waals surface area (Å²) in [5, 5.41) is 2.20. The Morgan fingerprint density at radius 2 is 1.68 bits per heavy atom. The summed E-state index contributed by atoms with van der Waals surface area (Å²) in [4.78, 5) is 38.0. The number of ether oxygens (including phenoxy) is 1. The second kappa shape index (κ2) is 6.60. The highest BCUT2D eigenvalue weighted by Crippen LogP contribution is 2.25. The number of carbonyl (C=O) groups is 3. The molecule has 0 bridgehead atoms. The number of carbonyl (C=O) groups excluding carboxylic acids is 3. The molecule has 1 aliphatic heterocycles. The van der Waals surface area contributed by atoms with E-state index in [2.05, 4.69) is 5.32 Å². The van der Waals surface area contributed by atoms with Gasteiger partial charge in [0.15, 0.2) is 0 Å². The third kappa shape index (κ3) is 3.14. The lowest BCUT2D eigenvalue weighted by molar-refractivity contribution is -0.122. The predicted molar refractivity (Wildman–Crippen MR) is 93.2 cm³/mol. The van der Waals surface area contributed by atoms with Gasteiger partial charge in [0.25, 0.3) is 11.8 Å². The Bertz CT molecular complexity index is 885. The molecule has 1 saturated heterocycles. The Balaban J connectivity index is 2.03. The van der Waals surface area contributed by atoms with Crippen LogP contribution >= 0.6 is 0 Å². The summed E-state index contributed by atoms with van der Waals surface area (Å²) >= 11 is 0. The lowest BCUT2D eigenvalue weighted by atomic mass is 10.1. The van der Waals surface area contributed by atoms with Crippen LogP contribution in [0.1, 0.15) is 11.1 Å². The number of methoxy groups -OCH3 is 1. The van der Waals surface area contributed by atoms with Gasteiger partial charge in [-0.25, -0.2) is 9.69 Å². The van der Waals surface area contributed by atoms with Crippen molar-refractivity contribution in [2.75, 3.05) is 12.0 Å². The van der Waals surface area contributed by atoms with Gasteiger partial charge in [-0.3, -0.25) is 14.9 Å². The monoisotopic (exact) mass is 336 g/mol. The topological polar surface area (TPSA) is 75.7 Å². The molecule has 2 aromatic rings. The number of hydrogen-bond acceptors (Lipinski definition) is 4. The smallest absolute Gasteiger partial charge is 0.335 e. The van der Waals surface area contributed by atoms with Gasteiger partial charge in [0.2, 0.25) is 0 Å². The number of amides is 4. The second-order valence-corrected chi connectivity index (χ2v) is 5.54. The van der Waals surface area contributed by atoms with Crippen molar-refractivity contribution in [3.63, 3.8) is 0 Å². The zero-order valence-electron chi connectivity index (χ0n) is 13.8. The molecule has 6 heteroatoms. The Hall–Kier alpha value is -3.41. The summed E-state index contributed by atoms with van der Waals surface area (Å²) < 4.78 is 5.23. The summed E-state index contributed by atoms with van der Waals surface area (Å²) in [7, 11) is 1.50. The van der Waals surface area contributed by atoms with Crippen LogP contribution in [0.4, 0.5) is 10.5 Å². The fourth-order valence-corrected chi connectivity index (χ4v) is 2.53. The van der Waals surface area contributed by atoms with Crippen LogP contribution in [0.2, 0.25) is 0 Å². The lowest BCUT2D eigenvalue weighted by Crippen LogP contribution is -2.54. The molecule has 1 heterocycles. The summed E-state index contributed by atoms with van der Waals surface area (Å²) in [6, 6.07) is 13.1. The zero-order valence-corrected chi connectivity index (χ0v) is 13.8. The Morgan fingerprint density at radius 1 is 1.00 bits per heavy atom. The number of anilines is 1. The number of rotatable bonds is 3. The molecule has 6 nitrogen and oxygen atoms in total. The van der Waals surface area contributed by atoms with E-state index in [4.69, 9.17) is 4.74 Å². The number of hydrogen-bond donors (Lipinski definition) is 1. The average Bonchev–Trinajstić information content (AvgIpc) is 2.60. The largest absolute Gasteiger partial charge is 0.496 e. The van der Waals surface area contributed by atoms with E-state index in [1.165, 1.54) is 13.2 Å². The SMILES string of the molecule is COc1ccccc1/C=C1\C(=O)NC(=O)N(c2ccc(C)cc2)C1=O. The van der Waals surface area contributed by atoms with Crippen LogP contribution in [-0.4, -0.2) is 25.0 Å². The average molecular weight is 336 g/mol. The van der Waals surface area contributed by atoms with Crippen LogP contribution in [-0.2, 0) is 9.59 Å². The summed E-state index contributed by atoms with van der Waals surface area (Å²) in [5.41, 5.74) is 1.83. The van der Waals surface area contributed by atoms with Crippen LogP contribution < -0.4 is 15.0 Å². The number of imide groups is 2. The van der Waals surface area contributed by atoms with Crippen LogP contribution in [0.15, 0.2) is 54.1 Å². The fraction of sp³-hybridized carbons (Fsp3) is 0.105. The Kier molecular flexibility index (Phi) is 4.35. The number of para-hydroxylation sites is 1. The van der Waals surface area contributed by atoms with Crippen LogP contribution in [0.3, 0.4) is 0 Å². The van der Waals surface area contributed by atoms with Gasteiger partial charge in [-0.2, -0.15) is 0 Å². The van der Waals surface area contributed by atoms with Crippen molar-refractivity contribution in [1.82, 2.24) is 5.32 Å². The number of urea groups is 1. The minimum absolute atomic E-state index is 0.135. The van der Waals surface area contributed by atoms with Crippen molar-refractivity contribution in [2.45, 2.75) is 6.92 Å². The molecule has 2 aromatic carbocycles. The molecule has 0 spiro atoms. The van der Waals surface area contributed by atoms with Gasteiger partial charge in [-0.05, 0) is 31.2 Å². The van der Waals surface area contributed by atoms with E-state index < -0.39 is 17.8 Å². The highest BCUT2D eigenvalue weighted by molar-refractivity contribution is 6.39. The van der Waals surface area contributed by atoms with E-state index in [1.54, 1.807) is 48.5 Å². The minimum Gasteiger partial charge on any atom is -0.496 e. The minimum atomic E-state index is -0.768. The van der Waals surface area contributed by atoms with Gasteiger partial charge in [-0.1, -0.05) is 35.9 Å². The quantitative estimate of drug-likeness (QED) is 0.691. The summed E-state index contributed by atoms with van der Waals surface area (Å²) in [5.74, 6) is -0.887. The normalized spacial score (nSPS) is 16.2. The van der Waals surface area contributed by atoms with E-state index in [9.17, 15) is 14.4 Å². The molecule has 1 N–H and O–H groups in total. The van der Waals surface area contributed by atoms with E-state index in [0.29, 0.717) is 17.0 Å². The summed E-state index contributed by atoms with van der Waals surface area (Å²) in [6.45, 7) is 1.90.